The first-order chi connectivity index (χ1) is 9.20. The van der Waals surface area contributed by atoms with Crippen molar-refractivity contribution in [1.29, 1.82) is 0 Å². The zero-order chi connectivity index (χ0) is 15.1. The first-order valence-corrected chi connectivity index (χ1v) is 6.59. The number of benzene rings is 1. The van der Waals surface area contributed by atoms with E-state index < -0.39 is 11.4 Å². The summed E-state index contributed by atoms with van der Waals surface area (Å²) in [6, 6.07) is 5.30. The van der Waals surface area contributed by atoms with E-state index in [-0.39, 0.29) is 5.76 Å². The van der Waals surface area contributed by atoms with Crippen molar-refractivity contribution in [1.82, 2.24) is 4.98 Å². The Kier molecular flexibility index (Phi) is 3.61. The topological polar surface area (TPSA) is 63.3 Å². The lowest BCUT2D eigenvalue weighted by molar-refractivity contribution is 0.0659. The second-order valence-corrected chi connectivity index (χ2v) is 6.15. The first kappa shape index (κ1) is 14.6. The molecular weight excluding hydrogens is 278 g/mol. The maximum absolute atomic E-state index is 11.3. The summed E-state index contributed by atoms with van der Waals surface area (Å²) in [5.41, 5.74) is 1.66. The Balaban J connectivity index is 2.62. The van der Waals surface area contributed by atoms with E-state index in [1.54, 1.807) is 18.2 Å². The number of nitrogens with zero attached hydrogens (tertiary/aromatic N) is 1. The maximum atomic E-state index is 11.3. The fraction of sp³-hybridized carbons (Fsp3) is 0.333. The summed E-state index contributed by atoms with van der Waals surface area (Å²) in [5, 5.41) is 9.87. The summed E-state index contributed by atoms with van der Waals surface area (Å²) in [7, 11) is 0. The third-order valence-corrected chi connectivity index (χ3v) is 3.19. The number of carboxylic acid groups (broad SMARTS) is 1. The Morgan fingerprint density at radius 1 is 1.35 bits per heavy atom. The number of hydrogen-bond acceptors (Lipinski definition) is 3. The molecular formula is C15H16ClNO3. The van der Waals surface area contributed by atoms with Gasteiger partial charge in [0.25, 0.3) is 0 Å². The third kappa shape index (κ3) is 2.70. The minimum absolute atomic E-state index is 0.109. The molecule has 2 aromatic rings. The molecule has 0 radical (unpaired) electrons. The number of carboxylic acids is 1. The van der Waals surface area contributed by atoms with Crippen LogP contribution in [0, 0.1) is 6.92 Å². The largest absolute Gasteiger partial charge is 0.475 e. The Bertz CT molecular complexity index is 668. The van der Waals surface area contributed by atoms with Crippen LogP contribution in [-0.4, -0.2) is 16.1 Å². The lowest BCUT2D eigenvalue weighted by atomic mass is 9.91. The molecule has 106 valence electrons. The molecule has 1 heterocycles. The molecule has 0 saturated heterocycles. The molecule has 0 spiro atoms. The fourth-order valence-corrected chi connectivity index (χ4v) is 2.18. The normalized spacial score (nSPS) is 11.7. The number of halogens is 1. The highest BCUT2D eigenvalue weighted by Gasteiger charge is 2.29. The van der Waals surface area contributed by atoms with E-state index in [4.69, 9.17) is 16.0 Å². The van der Waals surface area contributed by atoms with Gasteiger partial charge >= 0.3 is 5.97 Å². The minimum Gasteiger partial charge on any atom is -0.475 e. The van der Waals surface area contributed by atoms with Gasteiger partial charge in [-0.15, -0.1) is 0 Å². The molecule has 2 rings (SSSR count). The van der Waals surface area contributed by atoms with Crippen LogP contribution in [0.1, 0.15) is 42.6 Å². The van der Waals surface area contributed by atoms with Crippen LogP contribution < -0.4 is 0 Å². The summed E-state index contributed by atoms with van der Waals surface area (Å²) < 4.78 is 5.46. The molecule has 20 heavy (non-hydrogen) atoms. The second kappa shape index (κ2) is 4.94. The first-order valence-electron chi connectivity index (χ1n) is 6.21. The van der Waals surface area contributed by atoms with Crippen molar-refractivity contribution in [3.8, 4) is 11.5 Å². The van der Waals surface area contributed by atoms with Crippen molar-refractivity contribution < 1.29 is 14.3 Å². The predicted octanol–water partition coefficient (Wildman–Crippen LogP) is 4.30. The van der Waals surface area contributed by atoms with Gasteiger partial charge in [-0.3, -0.25) is 0 Å². The van der Waals surface area contributed by atoms with Crippen molar-refractivity contribution in [2.24, 2.45) is 0 Å². The SMILES string of the molecule is Cc1cc(Cl)ccc1-c1nc(C(C)(C)C)c(C(=O)O)o1. The second-order valence-electron chi connectivity index (χ2n) is 5.71. The van der Waals surface area contributed by atoms with Gasteiger partial charge in [-0.2, -0.15) is 0 Å². The van der Waals surface area contributed by atoms with Crippen molar-refractivity contribution >= 4 is 17.6 Å². The fourth-order valence-electron chi connectivity index (χ4n) is 1.96. The maximum Gasteiger partial charge on any atom is 0.373 e. The Morgan fingerprint density at radius 2 is 2.00 bits per heavy atom. The highest BCUT2D eigenvalue weighted by molar-refractivity contribution is 6.30. The molecule has 1 aromatic heterocycles. The molecule has 5 heteroatoms. The highest BCUT2D eigenvalue weighted by Crippen LogP contribution is 2.32. The van der Waals surface area contributed by atoms with Crippen molar-refractivity contribution in [2.45, 2.75) is 33.1 Å². The van der Waals surface area contributed by atoms with Gasteiger partial charge in [-0.05, 0) is 30.7 Å². The zero-order valence-corrected chi connectivity index (χ0v) is 12.6. The Morgan fingerprint density at radius 3 is 2.45 bits per heavy atom. The van der Waals surface area contributed by atoms with Gasteiger partial charge in [0.15, 0.2) is 0 Å². The number of aromatic carboxylic acids is 1. The van der Waals surface area contributed by atoms with Crippen LogP contribution in [0.2, 0.25) is 5.02 Å². The van der Waals surface area contributed by atoms with Gasteiger partial charge < -0.3 is 9.52 Å². The molecule has 4 nitrogen and oxygen atoms in total. The van der Waals surface area contributed by atoms with Gasteiger partial charge in [0.2, 0.25) is 11.7 Å². The number of oxazole rings is 1. The van der Waals surface area contributed by atoms with Gasteiger partial charge in [0, 0.05) is 16.0 Å². The van der Waals surface area contributed by atoms with E-state index in [0.29, 0.717) is 16.6 Å². The molecule has 0 atom stereocenters. The smallest absolute Gasteiger partial charge is 0.373 e. The van der Waals surface area contributed by atoms with E-state index in [0.717, 1.165) is 11.1 Å². The molecule has 1 N–H and O–H groups in total. The Labute approximate surface area is 122 Å². The standard InChI is InChI=1S/C15H16ClNO3/c1-8-7-9(16)5-6-10(8)13-17-12(15(2,3)4)11(20-13)14(18)19/h5-7H,1-4H3,(H,18,19). The van der Waals surface area contributed by atoms with Crippen LogP contribution in [0.5, 0.6) is 0 Å². The summed E-state index contributed by atoms with van der Waals surface area (Å²) >= 11 is 5.92. The molecule has 0 aliphatic carbocycles. The van der Waals surface area contributed by atoms with Crippen molar-refractivity contribution in [2.75, 3.05) is 0 Å². The highest BCUT2D eigenvalue weighted by atomic mass is 35.5. The van der Waals surface area contributed by atoms with Crippen molar-refractivity contribution in [3.05, 3.63) is 40.2 Å². The number of hydrogen-bond donors (Lipinski definition) is 1. The number of aromatic nitrogens is 1. The zero-order valence-electron chi connectivity index (χ0n) is 11.8. The van der Waals surface area contributed by atoms with Crippen molar-refractivity contribution in [3.63, 3.8) is 0 Å². The summed E-state index contributed by atoms with van der Waals surface area (Å²) in [6.45, 7) is 7.57. The third-order valence-electron chi connectivity index (χ3n) is 2.95. The van der Waals surface area contributed by atoms with E-state index >= 15 is 0 Å². The molecule has 0 aliphatic rings. The van der Waals surface area contributed by atoms with Crippen LogP contribution in [0.3, 0.4) is 0 Å². The molecule has 0 fully saturated rings. The quantitative estimate of drug-likeness (QED) is 0.896. The summed E-state index contributed by atoms with van der Waals surface area (Å²) in [5.74, 6) is -0.913. The van der Waals surface area contributed by atoms with Gasteiger partial charge in [0.1, 0.15) is 5.69 Å². The summed E-state index contributed by atoms with van der Waals surface area (Å²) in [4.78, 5) is 15.7. The average Bonchev–Trinajstić information content (AvgIpc) is 2.73. The minimum atomic E-state index is -1.11. The monoisotopic (exact) mass is 293 g/mol. The predicted molar refractivity (Wildman–Crippen MR) is 77.3 cm³/mol. The van der Waals surface area contributed by atoms with Gasteiger partial charge in [0.05, 0.1) is 0 Å². The van der Waals surface area contributed by atoms with E-state index in [9.17, 15) is 9.90 Å². The van der Waals surface area contributed by atoms with E-state index in [2.05, 4.69) is 4.98 Å². The molecule has 1 aromatic carbocycles. The van der Waals surface area contributed by atoms with Crippen LogP contribution in [0.15, 0.2) is 22.6 Å². The molecule has 0 unspecified atom stereocenters. The van der Waals surface area contributed by atoms with Crippen LogP contribution in [-0.2, 0) is 5.41 Å². The van der Waals surface area contributed by atoms with Gasteiger partial charge in [-0.1, -0.05) is 32.4 Å². The molecule has 0 bridgehead atoms. The number of carbonyl (C=O) groups is 1. The Hall–Kier alpha value is -1.81. The van der Waals surface area contributed by atoms with Crippen LogP contribution in [0.4, 0.5) is 0 Å². The number of aryl methyl sites for hydroxylation is 1. The summed E-state index contributed by atoms with van der Waals surface area (Å²) in [6.07, 6.45) is 0. The van der Waals surface area contributed by atoms with Crippen LogP contribution >= 0.6 is 11.6 Å². The number of rotatable bonds is 2. The average molecular weight is 294 g/mol. The lowest BCUT2D eigenvalue weighted by Gasteiger charge is -2.14. The van der Waals surface area contributed by atoms with E-state index in [1.807, 2.05) is 27.7 Å². The van der Waals surface area contributed by atoms with Crippen LogP contribution in [0.25, 0.3) is 11.5 Å². The molecule has 0 amide bonds. The van der Waals surface area contributed by atoms with E-state index in [1.165, 1.54) is 0 Å². The lowest BCUT2D eigenvalue weighted by Crippen LogP contribution is -2.16. The molecule has 0 saturated carbocycles. The van der Waals surface area contributed by atoms with Gasteiger partial charge in [-0.25, -0.2) is 9.78 Å². The molecule has 0 aliphatic heterocycles.